The van der Waals surface area contributed by atoms with E-state index in [1.165, 1.54) is 5.56 Å². The summed E-state index contributed by atoms with van der Waals surface area (Å²) in [6.07, 6.45) is 2.30. The summed E-state index contributed by atoms with van der Waals surface area (Å²) in [5.41, 5.74) is 3.86. The zero-order valence-corrected chi connectivity index (χ0v) is 18.5. The maximum atomic E-state index is 12.6. The van der Waals surface area contributed by atoms with Crippen molar-refractivity contribution in [1.29, 1.82) is 0 Å². The fraction of sp³-hybridized carbons (Fsp3) is 0.417. The molecule has 1 fully saturated rings. The second-order valence-corrected chi connectivity index (χ2v) is 9.62. The highest BCUT2D eigenvalue weighted by atomic mass is 35.5. The molecule has 0 aliphatic carbocycles. The van der Waals surface area contributed by atoms with Crippen LogP contribution in [0.2, 0.25) is 5.02 Å². The van der Waals surface area contributed by atoms with Crippen molar-refractivity contribution in [3.05, 3.63) is 64.7 Å². The van der Waals surface area contributed by atoms with Crippen LogP contribution in [-0.2, 0) is 10.3 Å². The number of halogens is 1. The number of rotatable bonds is 2. The number of carbonyl (C=O) groups excluding carboxylic acids is 1. The molecular weight excluding hydrogens is 398 g/mol. The monoisotopic (exact) mass is 425 g/mol. The highest BCUT2D eigenvalue weighted by Gasteiger charge is 2.43. The molecule has 5 nitrogen and oxygen atoms in total. The molecule has 0 atom stereocenters. The van der Waals surface area contributed by atoms with Crippen molar-refractivity contribution in [2.24, 2.45) is 5.16 Å². The molecule has 6 heteroatoms. The Kier molecular flexibility index (Phi) is 5.49. The molecule has 0 aromatic heterocycles. The van der Waals surface area contributed by atoms with Gasteiger partial charge >= 0.3 is 6.03 Å². The Hall–Kier alpha value is -2.53. The number of benzene rings is 2. The Morgan fingerprint density at radius 1 is 1.10 bits per heavy atom. The van der Waals surface area contributed by atoms with Crippen LogP contribution in [0.1, 0.15) is 51.2 Å². The average molecular weight is 426 g/mol. The first kappa shape index (κ1) is 20.7. The van der Waals surface area contributed by atoms with Crippen molar-refractivity contribution in [2.45, 2.75) is 51.0 Å². The number of urea groups is 1. The van der Waals surface area contributed by atoms with Crippen LogP contribution < -0.4 is 5.32 Å². The van der Waals surface area contributed by atoms with E-state index in [4.69, 9.17) is 16.4 Å². The van der Waals surface area contributed by atoms with E-state index in [1.54, 1.807) is 12.1 Å². The van der Waals surface area contributed by atoms with Gasteiger partial charge < -0.3 is 15.1 Å². The normalized spacial score (nSPS) is 18.1. The summed E-state index contributed by atoms with van der Waals surface area (Å²) in [6, 6.07) is 15.7. The average Bonchev–Trinajstić information content (AvgIpc) is 3.13. The van der Waals surface area contributed by atoms with E-state index >= 15 is 0 Å². The van der Waals surface area contributed by atoms with E-state index < -0.39 is 0 Å². The van der Waals surface area contributed by atoms with Crippen LogP contribution in [0.25, 0.3) is 0 Å². The molecular formula is C24H28ClN3O2. The number of nitrogens with zero attached hydrogens (tertiary/aromatic N) is 2. The van der Waals surface area contributed by atoms with E-state index in [9.17, 15) is 4.79 Å². The predicted molar refractivity (Wildman–Crippen MR) is 121 cm³/mol. The molecule has 1 spiro atoms. The fourth-order valence-corrected chi connectivity index (χ4v) is 4.16. The second-order valence-electron chi connectivity index (χ2n) is 9.21. The van der Waals surface area contributed by atoms with Crippen molar-refractivity contribution >= 4 is 29.0 Å². The SMILES string of the molecule is CC(C)(C)c1ccc(C2=NOC3(CCN(C(=O)Nc4ccccc4Cl)CC3)C2)cc1. The Balaban J connectivity index is 1.34. The van der Waals surface area contributed by atoms with Gasteiger partial charge in [-0.1, -0.05) is 73.9 Å². The van der Waals surface area contributed by atoms with E-state index in [2.05, 4.69) is 55.5 Å². The maximum absolute atomic E-state index is 12.6. The van der Waals surface area contributed by atoms with Gasteiger partial charge in [0.15, 0.2) is 0 Å². The van der Waals surface area contributed by atoms with Crippen molar-refractivity contribution in [3.63, 3.8) is 0 Å². The zero-order valence-electron chi connectivity index (χ0n) is 17.7. The van der Waals surface area contributed by atoms with Gasteiger partial charge in [0.1, 0.15) is 5.60 Å². The molecule has 2 amide bonds. The predicted octanol–water partition coefficient (Wildman–Crippen LogP) is 5.83. The summed E-state index contributed by atoms with van der Waals surface area (Å²) < 4.78 is 0. The van der Waals surface area contributed by atoms with Crippen molar-refractivity contribution in [1.82, 2.24) is 4.90 Å². The molecule has 2 aliphatic heterocycles. The minimum atomic E-state index is -0.306. The third kappa shape index (κ3) is 4.31. The fourth-order valence-electron chi connectivity index (χ4n) is 3.98. The quantitative estimate of drug-likeness (QED) is 0.658. The number of piperidine rings is 1. The minimum absolute atomic E-state index is 0.130. The lowest BCUT2D eigenvalue weighted by molar-refractivity contribution is -0.0544. The lowest BCUT2D eigenvalue weighted by Gasteiger charge is -2.37. The van der Waals surface area contributed by atoms with Crippen molar-refractivity contribution in [3.8, 4) is 0 Å². The number of para-hydroxylation sites is 1. The third-order valence-corrected chi connectivity index (χ3v) is 6.33. The smallest absolute Gasteiger partial charge is 0.321 e. The molecule has 0 bridgehead atoms. The number of nitrogens with one attached hydrogen (secondary N) is 1. The molecule has 158 valence electrons. The highest BCUT2D eigenvalue weighted by Crippen LogP contribution is 2.36. The van der Waals surface area contributed by atoms with Crippen LogP contribution >= 0.6 is 11.6 Å². The number of amides is 2. The van der Waals surface area contributed by atoms with Crippen LogP contribution in [-0.4, -0.2) is 35.3 Å². The molecule has 1 N–H and O–H groups in total. The molecule has 30 heavy (non-hydrogen) atoms. The molecule has 2 heterocycles. The van der Waals surface area contributed by atoms with E-state index in [1.807, 2.05) is 17.0 Å². The zero-order chi connectivity index (χ0) is 21.4. The first-order chi connectivity index (χ1) is 14.3. The molecule has 2 aliphatic rings. The van der Waals surface area contributed by atoms with Gasteiger partial charge in [-0.05, 0) is 28.7 Å². The van der Waals surface area contributed by atoms with Crippen LogP contribution in [0.4, 0.5) is 10.5 Å². The highest BCUT2D eigenvalue weighted by molar-refractivity contribution is 6.33. The van der Waals surface area contributed by atoms with Gasteiger partial charge in [-0.15, -0.1) is 0 Å². The number of hydrogen-bond acceptors (Lipinski definition) is 3. The van der Waals surface area contributed by atoms with E-state index in [-0.39, 0.29) is 17.0 Å². The Bertz CT molecular complexity index is 955. The van der Waals surface area contributed by atoms with Gasteiger partial charge in [-0.3, -0.25) is 0 Å². The van der Waals surface area contributed by atoms with Gasteiger partial charge in [0, 0.05) is 32.4 Å². The van der Waals surface area contributed by atoms with Gasteiger partial charge in [-0.25, -0.2) is 4.79 Å². The van der Waals surface area contributed by atoms with Crippen LogP contribution in [0.3, 0.4) is 0 Å². The molecule has 0 radical (unpaired) electrons. The van der Waals surface area contributed by atoms with Crippen molar-refractivity contribution < 1.29 is 9.63 Å². The summed E-state index contributed by atoms with van der Waals surface area (Å²) in [7, 11) is 0. The lowest BCUT2D eigenvalue weighted by atomic mass is 9.84. The Morgan fingerprint density at radius 2 is 1.77 bits per heavy atom. The second kappa shape index (κ2) is 7.95. The number of oxime groups is 1. The molecule has 4 rings (SSSR count). The first-order valence-electron chi connectivity index (χ1n) is 10.4. The number of carbonyl (C=O) groups is 1. The van der Waals surface area contributed by atoms with Gasteiger partial charge in [0.2, 0.25) is 0 Å². The molecule has 1 saturated heterocycles. The topological polar surface area (TPSA) is 53.9 Å². The van der Waals surface area contributed by atoms with Crippen LogP contribution in [0, 0.1) is 0 Å². The third-order valence-electron chi connectivity index (χ3n) is 6.00. The first-order valence-corrected chi connectivity index (χ1v) is 10.8. The van der Waals surface area contributed by atoms with E-state index in [0.717, 1.165) is 30.5 Å². The largest absolute Gasteiger partial charge is 0.388 e. The van der Waals surface area contributed by atoms with Crippen LogP contribution in [0.5, 0.6) is 0 Å². The number of likely N-dealkylation sites (tertiary alicyclic amines) is 1. The molecule has 0 unspecified atom stereocenters. The summed E-state index contributed by atoms with van der Waals surface area (Å²) in [5, 5.41) is 7.84. The summed E-state index contributed by atoms with van der Waals surface area (Å²) >= 11 is 6.15. The van der Waals surface area contributed by atoms with E-state index in [0.29, 0.717) is 23.8 Å². The standard InChI is InChI=1S/C24H28ClN3O2/c1-23(2,3)18-10-8-17(9-11-18)21-16-24(30-27-21)12-14-28(15-13-24)22(29)26-20-7-5-4-6-19(20)25/h4-11H,12-16H2,1-3H3,(H,26,29). The van der Waals surface area contributed by atoms with Gasteiger partial charge in [0.05, 0.1) is 16.4 Å². The molecule has 2 aromatic carbocycles. The van der Waals surface area contributed by atoms with Gasteiger partial charge in [0.25, 0.3) is 0 Å². The lowest BCUT2D eigenvalue weighted by Crippen LogP contribution is -2.48. The Morgan fingerprint density at radius 3 is 2.40 bits per heavy atom. The summed E-state index contributed by atoms with van der Waals surface area (Å²) in [5.74, 6) is 0. The Labute approximate surface area is 183 Å². The maximum Gasteiger partial charge on any atom is 0.321 e. The van der Waals surface area contributed by atoms with Crippen LogP contribution in [0.15, 0.2) is 53.7 Å². The summed E-state index contributed by atoms with van der Waals surface area (Å²) in [4.78, 5) is 20.3. The minimum Gasteiger partial charge on any atom is -0.388 e. The molecule has 2 aromatic rings. The number of anilines is 1. The van der Waals surface area contributed by atoms with Gasteiger partial charge in [-0.2, -0.15) is 0 Å². The van der Waals surface area contributed by atoms with Crippen molar-refractivity contribution in [2.75, 3.05) is 18.4 Å². The molecule has 0 saturated carbocycles. The number of hydrogen-bond donors (Lipinski definition) is 1. The summed E-state index contributed by atoms with van der Waals surface area (Å²) in [6.45, 7) is 7.89.